The molecule has 1 heterocycles. The number of pyridine rings is 1. The number of benzene rings is 1. The minimum absolute atomic E-state index is 0.355. The first-order chi connectivity index (χ1) is 8.06. The molecular formula is C13H13FN2O. The molecule has 1 amide bonds. The van der Waals surface area contributed by atoms with Crippen molar-refractivity contribution in [3.05, 3.63) is 42.0 Å². The van der Waals surface area contributed by atoms with Crippen molar-refractivity contribution in [3.63, 3.8) is 0 Å². The zero-order valence-corrected chi connectivity index (χ0v) is 9.70. The van der Waals surface area contributed by atoms with Crippen LogP contribution in [0.1, 0.15) is 19.5 Å². The van der Waals surface area contributed by atoms with Crippen molar-refractivity contribution in [3.8, 4) is 0 Å². The summed E-state index contributed by atoms with van der Waals surface area (Å²) in [5.41, 5.74) is 0.0244. The third-order valence-electron chi connectivity index (χ3n) is 2.76. The number of halogens is 1. The fourth-order valence-electron chi connectivity index (χ4n) is 1.87. The number of nitrogens with zero attached hydrogens (tertiary/aromatic N) is 1. The lowest BCUT2D eigenvalue weighted by Gasteiger charge is -2.24. The molecule has 4 heteroatoms. The molecule has 0 spiro atoms. The quantitative estimate of drug-likeness (QED) is 0.825. The van der Waals surface area contributed by atoms with Crippen molar-refractivity contribution < 1.29 is 9.18 Å². The lowest BCUT2D eigenvalue weighted by molar-refractivity contribution is -0.111. The summed E-state index contributed by atoms with van der Waals surface area (Å²) < 4.78 is 13.6. The Bertz CT molecular complexity index is 566. The van der Waals surface area contributed by atoms with Crippen LogP contribution in [0.15, 0.2) is 30.5 Å². The lowest BCUT2D eigenvalue weighted by atomic mass is 9.95. The second kappa shape index (κ2) is 4.13. The van der Waals surface area contributed by atoms with Crippen LogP contribution in [-0.4, -0.2) is 11.4 Å². The van der Waals surface area contributed by atoms with E-state index >= 15 is 0 Å². The molecule has 0 radical (unpaired) electrons. The molecule has 0 saturated heterocycles. The lowest BCUT2D eigenvalue weighted by Crippen LogP contribution is -2.36. The summed E-state index contributed by atoms with van der Waals surface area (Å²) in [5.74, 6) is -0.355. The maximum absolute atomic E-state index is 13.6. The maximum atomic E-state index is 13.6. The Labute approximate surface area is 98.7 Å². The minimum Gasteiger partial charge on any atom is -0.348 e. The average Bonchev–Trinajstić information content (AvgIpc) is 2.29. The van der Waals surface area contributed by atoms with E-state index in [1.165, 1.54) is 6.20 Å². The Kier molecular flexibility index (Phi) is 2.79. The minimum atomic E-state index is -0.630. The van der Waals surface area contributed by atoms with Gasteiger partial charge < -0.3 is 5.32 Å². The Hall–Kier alpha value is -1.97. The molecule has 3 nitrogen and oxygen atoms in total. The molecule has 1 N–H and O–H groups in total. The normalized spacial score (nSPS) is 11.5. The first-order valence-corrected chi connectivity index (χ1v) is 5.31. The molecule has 0 aliphatic rings. The van der Waals surface area contributed by atoms with Gasteiger partial charge in [-0.1, -0.05) is 24.3 Å². The molecule has 88 valence electrons. The summed E-state index contributed by atoms with van der Waals surface area (Å²) in [5, 5.41) is 3.91. The second-order valence-corrected chi connectivity index (χ2v) is 4.39. The van der Waals surface area contributed by atoms with Crippen LogP contribution >= 0.6 is 0 Å². The fraction of sp³-hybridized carbons (Fsp3) is 0.231. The van der Waals surface area contributed by atoms with E-state index in [0.29, 0.717) is 22.9 Å². The fourth-order valence-corrected chi connectivity index (χ4v) is 1.87. The molecule has 0 bridgehead atoms. The summed E-state index contributed by atoms with van der Waals surface area (Å²) in [7, 11) is 0. The van der Waals surface area contributed by atoms with Gasteiger partial charge in [0.2, 0.25) is 6.41 Å². The number of fused-ring (bicyclic) bond motifs is 1. The predicted molar refractivity (Wildman–Crippen MR) is 63.9 cm³/mol. The highest BCUT2D eigenvalue weighted by Crippen LogP contribution is 2.27. The summed E-state index contributed by atoms with van der Waals surface area (Å²) in [6.07, 6.45) is 1.81. The topological polar surface area (TPSA) is 42.0 Å². The number of aromatic nitrogens is 1. The summed E-state index contributed by atoms with van der Waals surface area (Å²) in [4.78, 5) is 14.7. The number of rotatable bonds is 3. The van der Waals surface area contributed by atoms with Gasteiger partial charge in [0.25, 0.3) is 0 Å². The van der Waals surface area contributed by atoms with Crippen molar-refractivity contribution in [2.75, 3.05) is 0 Å². The second-order valence-electron chi connectivity index (χ2n) is 4.39. The van der Waals surface area contributed by atoms with Crippen LogP contribution in [0.5, 0.6) is 0 Å². The number of carbonyl (C=O) groups is 1. The van der Waals surface area contributed by atoms with E-state index in [-0.39, 0.29) is 5.82 Å². The first-order valence-electron chi connectivity index (χ1n) is 5.31. The van der Waals surface area contributed by atoms with E-state index in [0.717, 1.165) is 0 Å². The molecule has 0 fully saturated rings. The van der Waals surface area contributed by atoms with Crippen LogP contribution in [0, 0.1) is 5.82 Å². The number of hydrogen-bond acceptors (Lipinski definition) is 2. The van der Waals surface area contributed by atoms with Gasteiger partial charge in [-0.2, -0.15) is 0 Å². The molecule has 1 aromatic carbocycles. The van der Waals surface area contributed by atoms with Gasteiger partial charge in [-0.05, 0) is 13.8 Å². The van der Waals surface area contributed by atoms with Gasteiger partial charge in [0.15, 0.2) is 0 Å². The Balaban J connectivity index is 2.71. The SMILES string of the molecule is CC(C)(NC=O)c1ncc(F)c2ccccc12. The van der Waals surface area contributed by atoms with Gasteiger partial charge in [0, 0.05) is 10.8 Å². The molecular weight excluding hydrogens is 219 g/mol. The Morgan fingerprint density at radius 3 is 2.59 bits per heavy atom. The highest BCUT2D eigenvalue weighted by molar-refractivity contribution is 5.85. The Morgan fingerprint density at radius 2 is 1.94 bits per heavy atom. The van der Waals surface area contributed by atoms with E-state index in [1.54, 1.807) is 18.2 Å². The number of carbonyl (C=O) groups excluding carboxylic acids is 1. The van der Waals surface area contributed by atoms with Crippen molar-refractivity contribution in [2.45, 2.75) is 19.4 Å². The standard InChI is InChI=1S/C13H13FN2O/c1-13(2,16-8-17)12-10-6-4-3-5-9(10)11(14)7-15-12/h3-8H,1-2H3,(H,16,17). The Morgan fingerprint density at radius 1 is 1.29 bits per heavy atom. The summed E-state index contributed by atoms with van der Waals surface area (Å²) >= 11 is 0. The van der Waals surface area contributed by atoms with Crippen LogP contribution < -0.4 is 5.32 Å². The van der Waals surface area contributed by atoms with E-state index in [2.05, 4.69) is 10.3 Å². The molecule has 0 atom stereocenters. The summed E-state index contributed by atoms with van der Waals surface area (Å²) in [6.45, 7) is 3.65. The maximum Gasteiger partial charge on any atom is 0.207 e. The molecule has 2 rings (SSSR count). The van der Waals surface area contributed by atoms with Gasteiger partial charge in [0.05, 0.1) is 17.4 Å². The monoisotopic (exact) mass is 232 g/mol. The molecule has 0 aliphatic heterocycles. The predicted octanol–water partition coefficient (Wildman–Crippen LogP) is 2.36. The van der Waals surface area contributed by atoms with Gasteiger partial charge in [-0.3, -0.25) is 9.78 Å². The van der Waals surface area contributed by atoms with E-state index in [4.69, 9.17) is 0 Å². The zero-order valence-electron chi connectivity index (χ0n) is 9.70. The number of nitrogens with one attached hydrogen (secondary N) is 1. The van der Waals surface area contributed by atoms with Crippen LogP contribution in [0.4, 0.5) is 4.39 Å². The average molecular weight is 232 g/mol. The molecule has 17 heavy (non-hydrogen) atoms. The highest BCUT2D eigenvalue weighted by atomic mass is 19.1. The van der Waals surface area contributed by atoms with Gasteiger partial charge in [0.1, 0.15) is 5.82 Å². The van der Waals surface area contributed by atoms with Crippen LogP contribution in [-0.2, 0) is 10.3 Å². The van der Waals surface area contributed by atoms with Crippen LogP contribution in [0.3, 0.4) is 0 Å². The van der Waals surface area contributed by atoms with E-state index < -0.39 is 5.54 Å². The van der Waals surface area contributed by atoms with Gasteiger partial charge in [-0.15, -0.1) is 0 Å². The largest absolute Gasteiger partial charge is 0.348 e. The van der Waals surface area contributed by atoms with Crippen molar-refractivity contribution >= 4 is 17.2 Å². The van der Waals surface area contributed by atoms with Gasteiger partial charge >= 0.3 is 0 Å². The number of amides is 1. The highest BCUT2D eigenvalue weighted by Gasteiger charge is 2.24. The third-order valence-corrected chi connectivity index (χ3v) is 2.76. The van der Waals surface area contributed by atoms with Crippen molar-refractivity contribution in [1.82, 2.24) is 10.3 Å². The molecule has 1 aromatic heterocycles. The van der Waals surface area contributed by atoms with Crippen LogP contribution in [0.2, 0.25) is 0 Å². The van der Waals surface area contributed by atoms with E-state index in [9.17, 15) is 9.18 Å². The molecule has 0 aliphatic carbocycles. The summed E-state index contributed by atoms with van der Waals surface area (Å²) in [6, 6.07) is 7.10. The van der Waals surface area contributed by atoms with Crippen molar-refractivity contribution in [2.24, 2.45) is 0 Å². The zero-order chi connectivity index (χ0) is 12.5. The molecule has 2 aromatic rings. The number of hydrogen-bond donors (Lipinski definition) is 1. The molecule has 0 saturated carbocycles. The third kappa shape index (κ3) is 1.98. The van der Waals surface area contributed by atoms with E-state index in [1.807, 2.05) is 19.9 Å². The van der Waals surface area contributed by atoms with Crippen LogP contribution in [0.25, 0.3) is 10.8 Å². The van der Waals surface area contributed by atoms with Gasteiger partial charge in [-0.25, -0.2) is 4.39 Å². The van der Waals surface area contributed by atoms with Crippen molar-refractivity contribution in [1.29, 1.82) is 0 Å². The first kappa shape index (κ1) is 11.5. The molecule has 0 unspecified atom stereocenters. The smallest absolute Gasteiger partial charge is 0.207 e.